The number of nitrogen functional groups attached to an aromatic ring is 1. The number of rotatable bonds is 12. The van der Waals surface area contributed by atoms with Crippen LogP contribution in [0.25, 0.3) is 0 Å². The minimum Gasteiger partial charge on any atom is -0.397 e. The minimum absolute atomic E-state index is 0.0403. The molecule has 0 unspecified atom stereocenters. The molecule has 0 aliphatic heterocycles. The van der Waals surface area contributed by atoms with Crippen molar-refractivity contribution < 1.29 is 32.8 Å². The summed E-state index contributed by atoms with van der Waals surface area (Å²) in [7, 11) is -4.83. The lowest BCUT2D eigenvalue weighted by atomic mass is 9.82. The van der Waals surface area contributed by atoms with E-state index < -0.39 is 37.7 Å². The van der Waals surface area contributed by atoms with Crippen LogP contribution in [0, 0.1) is 5.41 Å². The molecule has 15 heteroatoms. The van der Waals surface area contributed by atoms with E-state index in [1.807, 2.05) is 13.8 Å². The van der Waals surface area contributed by atoms with Crippen LogP contribution in [0.1, 0.15) is 57.9 Å². The first-order chi connectivity index (χ1) is 19.8. The highest BCUT2D eigenvalue weighted by atomic mass is 35.5. The fourth-order valence-corrected chi connectivity index (χ4v) is 5.53. The third-order valence-corrected chi connectivity index (χ3v) is 7.99. The van der Waals surface area contributed by atoms with Crippen LogP contribution in [0.15, 0.2) is 35.2 Å². The quantitative estimate of drug-likeness (QED) is 0.114. The summed E-state index contributed by atoms with van der Waals surface area (Å²) in [6, 6.07) is 7.23. The molecule has 1 aliphatic rings. The first kappa shape index (κ1) is 31.3. The number of carbonyl (C=O) groups is 2. The van der Waals surface area contributed by atoms with Gasteiger partial charge in [-0.25, -0.2) is 4.98 Å². The number of benzene rings is 2. The van der Waals surface area contributed by atoms with Gasteiger partial charge in [0.15, 0.2) is 11.6 Å². The molecule has 0 radical (unpaired) electrons. The molecule has 0 amide bonds. The topological polar surface area (TPSA) is 209 Å². The van der Waals surface area contributed by atoms with E-state index >= 15 is 0 Å². The second-order valence-electron chi connectivity index (χ2n) is 10.5. The number of hydrogen-bond acceptors (Lipinski definition) is 12. The number of nitrogens with two attached hydrogens (primary N) is 1. The maximum absolute atomic E-state index is 13.5. The molecule has 13 nitrogen and oxygen atoms in total. The van der Waals surface area contributed by atoms with Crippen molar-refractivity contribution in [3.05, 3.63) is 63.7 Å². The molecule has 224 valence electrons. The Hall–Kier alpha value is -3.69. The molecule has 42 heavy (non-hydrogen) atoms. The number of ketones is 2. The number of carbonyl (C=O) groups excluding carboxylic acids is 2. The zero-order valence-corrected chi connectivity index (χ0v) is 24.5. The minimum atomic E-state index is -4.83. The van der Waals surface area contributed by atoms with Crippen molar-refractivity contribution in [2.45, 2.75) is 31.6 Å². The molecule has 3 aromatic rings. The van der Waals surface area contributed by atoms with Gasteiger partial charge in [0, 0.05) is 42.9 Å². The van der Waals surface area contributed by atoms with Crippen LogP contribution < -0.4 is 16.0 Å². The first-order valence-electron chi connectivity index (χ1n) is 13.0. The van der Waals surface area contributed by atoms with Crippen LogP contribution in [-0.2, 0) is 16.5 Å². The molecule has 1 aromatic heterocycles. The third kappa shape index (κ3) is 6.52. The number of halogens is 1. The molecule has 0 spiro atoms. The van der Waals surface area contributed by atoms with Gasteiger partial charge in [-0.15, -0.1) is 0 Å². The van der Waals surface area contributed by atoms with Gasteiger partial charge in [0.05, 0.1) is 30.0 Å². The highest BCUT2D eigenvalue weighted by Crippen LogP contribution is 2.39. The lowest BCUT2D eigenvalue weighted by Gasteiger charge is -2.28. The van der Waals surface area contributed by atoms with Gasteiger partial charge < -0.3 is 26.2 Å². The number of aliphatic hydroxyl groups excluding tert-OH is 2. The summed E-state index contributed by atoms with van der Waals surface area (Å²) in [6.07, 6.45) is 0.856. The van der Waals surface area contributed by atoms with Crippen LogP contribution in [-0.4, -0.2) is 82.6 Å². The average molecular weight is 619 g/mol. The maximum atomic E-state index is 13.5. The predicted octanol–water partition coefficient (Wildman–Crippen LogP) is 1.99. The number of nitrogens with zero attached hydrogens (tertiary/aromatic N) is 4. The average Bonchev–Trinajstić information content (AvgIpc) is 2.93. The van der Waals surface area contributed by atoms with Gasteiger partial charge in [-0.05, 0) is 29.5 Å². The van der Waals surface area contributed by atoms with E-state index in [0.29, 0.717) is 18.7 Å². The Labute approximate surface area is 247 Å². The molecule has 0 fully saturated rings. The van der Waals surface area contributed by atoms with E-state index in [0.717, 1.165) is 6.07 Å². The molecular formula is C27H31ClN6O7S. The Morgan fingerprint density at radius 2 is 1.60 bits per heavy atom. The number of aliphatic hydroxyl groups is 2. The predicted molar refractivity (Wildman–Crippen MR) is 156 cm³/mol. The number of fused-ring (bicyclic) bond motifs is 2. The highest BCUT2D eigenvalue weighted by Gasteiger charge is 2.36. The smallest absolute Gasteiger partial charge is 0.296 e. The maximum Gasteiger partial charge on any atom is 0.296 e. The van der Waals surface area contributed by atoms with E-state index in [2.05, 4.69) is 20.3 Å². The molecule has 0 saturated carbocycles. The Bertz CT molecular complexity index is 1640. The molecule has 0 saturated heterocycles. The Balaban J connectivity index is 1.61. The van der Waals surface area contributed by atoms with Gasteiger partial charge >= 0.3 is 0 Å². The summed E-state index contributed by atoms with van der Waals surface area (Å²) < 4.78 is 34.2. The monoisotopic (exact) mass is 618 g/mol. The Kier molecular flexibility index (Phi) is 9.13. The van der Waals surface area contributed by atoms with Gasteiger partial charge in [-0.3, -0.25) is 14.1 Å². The zero-order chi connectivity index (χ0) is 30.8. The fourth-order valence-electron chi connectivity index (χ4n) is 4.71. The van der Waals surface area contributed by atoms with Gasteiger partial charge in [0.2, 0.25) is 11.2 Å². The summed E-state index contributed by atoms with van der Waals surface area (Å²) in [5, 5.41) is 21.7. The summed E-state index contributed by atoms with van der Waals surface area (Å²) in [4.78, 5) is 40.5. The van der Waals surface area contributed by atoms with Gasteiger partial charge in [0.1, 0.15) is 10.7 Å². The third-order valence-electron chi connectivity index (χ3n) is 6.93. The molecule has 0 bridgehead atoms. The number of nitrogens with one attached hydrogen (secondary N) is 1. The molecule has 0 atom stereocenters. The molecule has 6 N–H and O–H groups in total. The molecule has 4 rings (SSSR count). The van der Waals surface area contributed by atoms with E-state index in [9.17, 15) is 32.8 Å². The van der Waals surface area contributed by atoms with Crippen molar-refractivity contribution in [2.75, 3.05) is 48.8 Å². The van der Waals surface area contributed by atoms with Crippen molar-refractivity contribution in [3.63, 3.8) is 0 Å². The molecule has 1 aliphatic carbocycles. The Morgan fingerprint density at radius 1 is 1.00 bits per heavy atom. The van der Waals surface area contributed by atoms with E-state index in [1.165, 1.54) is 12.1 Å². The summed E-state index contributed by atoms with van der Waals surface area (Å²) in [6.45, 7) is 4.09. The second-order valence-corrected chi connectivity index (χ2v) is 12.3. The lowest BCUT2D eigenvalue weighted by Crippen LogP contribution is -2.32. The standard InChI is InChI=1S/C27H31ClN6O7S/c1-27(2,8-7-19-31-25(28)33-26(32-19)34(9-11-35)10-12-36)14-30-17-13-18(42(39,40)41)22(29)21-20(17)23(37)15-5-3-4-6-16(15)24(21)38/h3-6,13,30,35-36H,7-12,14,29H2,1-2H3,(H,39,40,41). The van der Waals surface area contributed by atoms with Crippen LogP contribution in [0.5, 0.6) is 0 Å². The van der Waals surface area contributed by atoms with Gasteiger partial charge in [-0.2, -0.15) is 18.4 Å². The van der Waals surface area contributed by atoms with Crippen LogP contribution in [0.2, 0.25) is 5.28 Å². The van der Waals surface area contributed by atoms with Crippen LogP contribution in [0.3, 0.4) is 0 Å². The number of hydrogen-bond donors (Lipinski definition) is 5. The van der Waals surface area contributed by atoms with Gasteiger partial charge in [0.25, 0.3) is 10.1 Å². The summed E-state index contributed by atoms with van der Waals surface area (Å²) in [5.74, 6) is -0.519. The van der Waals surface area contributed by atoms with Crippen molar-refractivity contribution in [1.29, 1.82) is 0 Å². The van der Waals surface area contributed by atoms with Crippen LogP contribution >= 0.6 is 11.6 Å². The van der Waals surface area contributed by atoms with E-state index in [-0.39, 0.29) is 72.0 Å². The van der Waals surface area contributed by atoms with Crippen LogP contribution in [0.4, 0.5) is 17.3 Å². The highest BCUT2D eigenvalue weighted by molar-refractivity contribution is 7.86. The fraction of sp³-hybridized carbons (Fsp3) is 0.370. The Morgan fingerprint density at radius 3 is 2.17 bits per heavy atom. The van der Waals surface area contributed by atoms with Crippen molar-refractivity contribution in [2.24, 2.45) is 5.41 Å². The second kappa shape index (κ2) is 12.3. The normalized spacial score (nSPS) is 13.1. The molecule has 2 aromatic carbocycles. The molecule has 1 heterocycles. The van der Waals surface area contributed by atoms with Crippen molar-refractivity contribution in [1.82, 2.24) is 15.0 Å². The summed E-state index contributed by atoms with van der Waals surface area (Å²) >= 11 is 6.11. The zero-order valence-electron chi connectivity index (χ0n) is 23.0. The summed E-state index contributed by atoms with van der Waals surface area (Å²) in [5.41, 5.74) is 5.00. The van der Waals surface area contributed by atoms with Crippen molar-refractivity contribution >= 4 is 50.6 Å². The van der Waals surface area contributed by atoms with Gasteiger partial charge in [-0.1, -0.05) is 38.1 Å². The number of aromatic nitrogens is 3. The molecular weight excluding hydrogens is 588 g/mol. The SMILES string of the molecule is CC(C)(CCc1nc(Cl)nc(N(CCO)CCO)n1)CNc1cc(S(=O)(=O)O)c(N)c2c1C(=O)c1ccccc1C2=O. The number of aryl methyl sites for hydroxylation is 1. The van der Waals surface area contributed by atoms with Crippen molar-refractivity contribution in [3.8, 4) is 0 Å². The number of anilines is 3. The first-order valence-corrected chi connectivity index (χ1v) is 14.8. The van der Waals surface area contributed by atoms with E-state index in [4.69, 9.17) is 17.3 Å². The van der Waals surface area contributed by atoms with E-state index in [1.54, 1.807) is 17.0 Å². The lowest BCUT2D eigenvalue weighted by molar-refractivity contribution is 0.0980. The largest absolute Gasteiger partial charge is 0.397 e.